The fourth-order valence-corrected chi connectivity index (χ4v) is 2.32. The lowest BCUT2D eigenvalue weighted by Crippen LogP contribution is -2.50. The molecule has 0 aromatic heterocycles. The molecule has 0 aromatic rings. The highest BCUT2D eigenvalue weighted by Crippen LogP contribution is 2.22. The molecule has 1 saturated heterocycles. The highest BCUT2D eigenvalue weighted by Gasteiger charge is 2.32. The Morgan fingerprint density at radius 3 is 2.67 bits per heavy atom. The van der Waals surface area contributed by atoms with E-state index in [0.717, 1.165) is 6.42 Å². The third kappa shape index (κ3) is 2.92. The van der Waals surface area contributed by atoms with Crippen molar-refractivity contribution in [1.82, 2.24) is 4.90 Å². The molecule has 0 spiro atoms. The first-order chi connectivity index (χ1) is 7.10. The Balaban J connectivity index is 2.60. The van der Waals surface area contributed by atoms with Gasteiger partial charge in [-0.3, -0.25) is 9.69 Å². The molecule has 1 fully saturated rings. The molecule has 0 amide bonds. The first-order valence-corrected chi connectivity index (χ1v) is 5.75. The van der Waals surface area contributed by atoms with Gasteiger partial charge in [0.1, 0.15) is 6.04 Å². The van der Waals surface area contributed by atoms with Crippen molar-refractivity contribution in [2.45, 2.75) is 45.3 Å². The Kier molecular flexibility index (Phi) is 4.54. The van der Waals surface area contributed by atoms with Gasteiger partial charge in [0.2, 0.25) is 0 Å². The van der Waals surface area contributed by atoms with Crippen LogP contribution in [0.15, 0.2) is 0 Å². The third-order valence-electron chi connectivity index (χ3n) is 3.36. The summed E-state index contributed by atoms with van der Waals surface area (Å²) in [6.07, 6.45) is 1.98. The monoisotopic (exact) mass is 215 g/mol. The summed E-state index contributed by atoms with van der Waals surface area (Å²) in [5, 5.41) is 18.8. The molecule has 1 heterocycles. The number of nitrogens with zero attached hydrogens (tertiary/aromatic N) is 1. The van der Waals surface area contributed by atoms with Gasteiger partial charge in [-0.15, -0.1) is 0 Å². The summed E-state index contributed by atoms with van der Waals surface area (Å²) in [5.74, 6) is -0.518. The number of carbonyl (C=O) groups is 1. The topological polar surface area (TPSA) is 60.8 Å². The predicted octanol–water partition coefficient (Wildman–Crippen LogP) is 0.942. The van der Waals surface area contributed by atoms with Gasteiger partial charge in [0, 0.05) is 13.1 Å². The van der Waals surface area contributed by atoms with E-state index in [1.165, 1.54) is 0 Å². The third-order valence-corrected chi connectivity index (χ3v) is 3.36. The van der Waals surface area contributed by atoms with E-state index in [4.69, 9.17) is 5.11 Å². The number of hydrogen-bond acceptors (Lipinski definition) is 3. The molecule has 0 saturated carbocycles. The number of likely N-dealkylation sites (tertiary alicyclic amines) is 1. The fraction of sp³-hybridized carbons (Fsp3) is 0.909. The van der Waals surface area contributed by atoms with Gasteiger partial charge in [-0.1, -0.05) is 13.8 Å². The van der Waals surface area contributed by atoms with Crippen molar-refractivity contribution in [3.05, 3.63) is 0 Å². The number of rotatable bonds is 4. The average molecular weight is 215 g/mol. The van der Waals surface area contributed by atoms with Crippen molar-refractivity contribution in [1.29, 1.82) is 0 Å². The molecule has 2 N–H and O–H groups in total. The van der Waals surface area contributed by atoms with Gasteiger partial charge in [0.05, 0.1) is 6.10 Å². The summed E-state index contributed by atoms with van der Waals surface area (Å²) in [6.45, 7) is 5.34. The molecule has 15 heavy (non-hydrogen) atoms. The van der Waals surface area contributed by atoms with Crippen LogP contribution < -0.4 is 0 Å². The van der Waals surface area contributed by atoms with Crippen molar-refractivity contribution in [3.63, 3.8) is 0 Å². The number of aliphatic hydroxyl groups is 1. The highest BCUT2D eigenvalue weighted by molar-refractivity contribution is 5.73. The molecule has 0 bridgehead atoms. The largest absolute Gasteiger partial charge is 0.480 e. The van der Waals surface area contributed by atoms with Crippen molar-refractivity contribution < 1.29 is 15.0 Å². The van der Waals surface area contributed by atoms with E-state index in [-0.39, 0.29) is 18.1 Å². The zero-order valence-corrected chi connectivity index (χ0v) is 9.52. The van der Waals surface area contributed by atoms with E-state index in [0.29, 0.717) is 25.9 Å². The molecule has 3 atom stereocenters. The molecular formula is C11H21NO3. The van der Waals surface area contributed by atoms with Crippen molar-refractivity contribution in [2.75, 3.05) is 13.1 Å². The Bertz CT molecular complexity index is 220. The van der Waals surface area contributed by atoms with Crippen LogP contribution in [0.5, 0.6) is 0 Å². The molecule has 1 rings (SSSR count). The summed E-state index contributed by atoms with van der Waals surface area (Å²) in [6, 6.07) is -0.383. The molecule has 1 aliphatic rings. The number of piperidine rings is 1. The average Bonchev–Trinajstić information content (AvgIpc) is 2.21. The van der Waals surface area contributed by atoms with Crippen LogP contribution in [-0.2, 0) is 4.79 Å². The smallest absolute Gasteiger partial charge is 0.320 e. The molecule has 4 nitrogen and oxygen atoms in total. The lowest BCUT2D eigenvalue weighted by atomic mass is 9.91. The molecule has 88 valence electrons. The predicted molar refractivity (Wildman–Crippen MR) is 57.7 cm³/mol. The fourth-order valence-electron chi connectivity index (χ4n) is 2.32. The number of aliphatic hydroxyl groups excluding tert-OH is 1. The van der Waals surface area contributed by atoms with E-state index < -0.39 is 5.97 Å². The molecule has 4 heteroatoms. The van der Waals surface area contributed by atoms with Crippen molar-refractivity contribution in [3.8, 4) is 0 Å². The van der Waals surface area contributed by atoms with E-state index in [9.17, 15) is 9.90 Å². The van der Waals surface area contributed by atoms with Crippen LogP contribution in [-0.4, -0.2) is 46.3 Å². The molecule has 0 aliphatic carbocycles. The zero-order valence-electron chi connectivity index (χ0n) is 9.52. The lowest BCUT2D eigenvalue weighted by Gasteiger charge is -2.38. The molecule has 0 radical (unpaired) electrons. The van der Waals surface area contributed by atoms with Gasteiger partial charge in [-0.05, 0) is 25.2 Å². The van der Waals surface area contributed by atoms with E-state index in [1.54, 1.807) is 0 Å². The van der Waals surface area contributed by atoms with Crippen molar-refractivity contribution >= 4 is 5.97 Å². The first-order valence-electron chi connectivity index (χ1n) is 5.75. The summed E-state index contributed by atoms with van der Waals surface area (Å²) < 4.78 is 0. The summed E-state index contributed by atoms with van der Waals surface area (Å²) in [5.41, 5.74) is 0. The van der Waals surface area contributed by atoms with Crippen LogP contribution in [0, 0.1) is 5.92 Å². The number of carboxylic acid groups (broad SMARTS) is 1. The summed E-state index contributed by atoms with van der Waals surface area (Å²) in [4.78, 5) is 13.0. The maximum absolute atomic E-state index is 11.0. The van der Waals surface area contributed by atoms with Gasteiger partial charge in [0.15, 0.2) is 0 Å². The van der Waals surface area contributed by atoms with Crippen LogP contribution in [0.3, 0.4) is 0 Å². The second-order valence-corrected chi connectivity index (χ2v) is 4.28. The normalized spacial score (nSPS) is 30.1. The van der Waals surface area contributed by atoms with Gasteiger partial charge < -0.3 is 10.2 Å². The Morgan fingerprint density at radius 2 is 2.20 bits per heavy atom. The lowest BCUT2D eigenvalue weighted by molar-refractivity contribution is -0.145. The number of carboxylic acids is 1. The number of aliphatic carboxylic acids is 1. The minimum atomic E-state index is -0.747. The van der Waals surface area contributed by atoms with Gasteiger partial charge in [0.25, 0.3) is 0 Å². The van der Waals surface area contributed by atoms with Gasteiger partial charge in [-0.25, -0.2) is 0 Å². The maximum atomic E-state index is 11.0. The Labute approximate surface area is 90.9 Å². The minimum Gasteiger partial charge on any atom is -0.480 e. The maximum Gasteiger partial charge on any atom is 0.320 e. The molecule has 0 unspecified atom stereocenters. The van der Waals surface area contributed by atoms with Crippen LogP contribution in [0.2, 0.25) is 0 Å². The van der Waals surface area contributed by atoms with Gasteiger partial charge >= 0.3 is 5.97 Å². The van der Waals surface area contributed by atoms with E-state index in [1.807, 2.05) is 18.7 Å². The standard InChI is InChI=1S/C11H21NO3/c1-3-8-7-12(6-5-10(8)13)9(4-2)11(14)15/h8-10,13H,3-7H2,1-2H3,(H,14,15)/t8-,9-,10-/m1/s1. The van der Waals surface area contributed by atoms with Crippen molar-refractivity contribution in [2.24, 2.45) is 5.92 Å². The quantitative estimate of drug-likeness (QED) is 0.732. The summed E-state index contributed by atoms with van der Waals surface area (Å²) in [7, 11) is 0. The minimum absolute atomic E-state index is 0.229. The molecule has 1 aliphatic heterocycles. The van der Waals surface area contributed by atoms with Crippen LogP contribution in [0.4, 0.5) is 0 Å². The number of hydrogen-bond donors (Lipinski definition) is 2. The Hall–Kier alpha value is -0.610. The molecule has 0 aromatic carbocycles. The molecular weight excluding hydrogens is 194 g/mol. The van der Waals surface area contributed by atoms with Crippen LogP contribution >= 0.6 is 0 Å². The highest BCUT2D eigenvalue weighted by atomic mass is 16.4. The second-order valence-electron chi connectivity index (χ2n) is 4.28. The SMILES string of the molecule is CC[C@@H]1CN([C@H](CC)C(=O)O)CC[C@H]1O. The van der Waals surface area contributed by atoms with Gasteiger partial charge in [-0.2, -0.15) is 0 Å². The van der Waals surface area contributed by atoms with Crippen LogP contribution in [0.25, 0.3) is 0 Å². The van der Waals surface area contributed by atoms with E-state index in [2.05, 4.69) is 0 Å². The Morgan fingerprint density at radius 1 is 1.53 bits per heavy atom. The summed E-state index contributed by atoms with van der Waals surface area (Å²) >= 11 is 0. The first kappa shape index (κ1) is 12.5. The van der Waals surface area contributed by atoms with E-state index >= 15 is 0 Å². The van der Waals surface area contributed by atoms with Crippen LogP contribution in [0.1, 0.15) is 33.1 Å². The second kappa shape index (κ2) is 5.47. The zero-order chi connectivity index (χ0) is 11.4.